The van der Waals surface area contributed by atoms with Gasteiger partial charge in [-0.05, 0) is 6.42 Å². The third-order valence-electron chi connectivity index (χ3n) is 2.30. The SMILES string of the molecule is COC(=O)C(C)CC(CCOC(C)=O)OC(C)=O. The van der Waals surface area contributed by atoms with E-state index in [2.05, 4.69) is 4.74 Å². The van der Waals surface area contributed by atoms with Crippen molar-refractivity contribution in [3.05, 3.63) is 0 Å². The average Bonchev–Trinajstić information content (AvgIpc) is 2.26. The molecule has 0 radical (unpaired) electrons. The Balaban J connectivity index is 4.25. The van der Waals surface area contributed by atoms with Crippen LogP contribution < -0.4 is 0 Å². The summed E-state index contributed by atoms with van der Waals surface area (Å²) in [7, 11) is 1.30. The quantitative estimate of drug-likeness (QED) is 0.503. The molecule has 0 aromatic heterocycles. The van der Waals surface area contributed by atoms with Crippen molar-refractivity contribution in [2.45, 2.75) is 39.7 Å². The first-order valence-electron chi connectivity index (χ1n) is 5.75. The maximum absolute atomic E-state index is 11.3. The summed E-state index contributed by atoms with van der Waals surface area (Å²) in [6.07, 6.45) is 0.240. The predicted molar refractivity (Wildman–Crippen MR) is 62.6 cm³/mol. The molecule has 2 unspecified atom stereocenters. The molecule has 6 heteroatoms. The van der Waals surface area contributed by atoms with Crippen LogP contribution in [0.4, 0.5) is 0 Å². The van der Waals surface area contributed by atoms with Gasteiger partial charge in [0.15, 0.2) is 0 Å². The van der Waals surface area contributed by atoms with Gasteiger partial charge in [0.1, 0.15) is 6.10 Å². The van der Waals surface area contributed by atoms with E-state index in [-0.39, 0.29) is 18.5 Å². The van der Waals surface area contributed by atoms with Crippen molar-refractivity contribution in [3.63, 3.8) is 0 Å². The lowest BCUT2D eigenvalue weighted by atomic mass is 10.0. The number of methoxy groups -OCH3 is 1. The molecule has 2 atom stereocenters. The average molecular weight is 260 g/mol. The molecule has 0 aliphatic carbocycles. The van der Waals surface area contributed by atoms with E-state index in [1.807, 2.05) is 0 Å². The highest BCUT2D eigenvalue weighted by Gasteiger charge is 2.21. The van der Waals surface area contributed by atoms with Crippen LogP contribution in [0.2, 0.25) is 0 Å². The minimum Gasteiger partial charge on any atom is -0.469 e. The lowest BCUT2D eigenvalue weighted by Crippen LogP contribution is -2.25. The topological polar surface area (TPSA) is 78.9 Å². The molecule has 0 aliphatic rings. The fourth-order valence-corrected chi connectivity index (χ4v) is 1.49. The first-order chi connectivity index (χ1) is 8.36. The Morgan fingerprint density at radius 2 is 1.72 bits per heavy atom. The fourth-order valence-electron chi connectivity index (χ4n) is 1.49. The van der Waals surface area contributed by atoms with E-state index in [9.17, 15) is 14.4 Å². The molecule has 0 amide bonds. The molecule has 0 aromatic rings. The first kappa shape index (κ1) is 16.4. The normalized spacial score (nSPS) is 13.3. The Morgan fingerprint density at radius 3 is 2.17 bits per heavy atom. The molecule has 0 saturated carbocycles. The molecule has 0 bridgehead atoms. The van der Waals surface area contributed by atoms with Gasteiger partial charge in [0.05, 0.1) is 19.6 Å². The van der Waals surface area contributed by atoms with Gasteiger partial charge in [-0.1, -0.05) is 6.92 Å². The Kier molecular flexibility index (Phi) is 7.74. The van der Waals surface area contributed by atoms with Crippen molar-refractivity contribution in [3.8, 4) is 0 Å². The van der Waals surface area contributed by atoms with E-state index in [4.69, 9.17) is 9.47 Å². The van der Waals surface area contributed by atoms with Gasteiger partial charge < -0.3 is 14.2 Å². The zero-order chi connectivity index (χ0) is 14.1. The highest BCUT2D eigenvalue weighted by atomic mass is 16.6. The highest BCUT2D eigenvalue weighted by Crippen LogP contribution is 2.14. The van der Waals surface area contributed by atoms with Crippen LogP contribution in [0, 0.1) is 5.92 Å². The van der Waals surface area contributed by atoms with Crippen LogP contribution in [0.5, 0.6) is 0 Å². The van der Waals surface area contributed by atoms with Crippen molar-refractivity contribution in [2.75, 3.05) is 13.7 Å². The monoisotopic (exact) mass is 260 g/mol. The fraction of sp³-hybridized carbons (Fsp3) is 0.750. The number of esters is 3. The van der Waals surface area contributed by atoms with Gasteiger partial charge >= 0.3 is 17.9 Å². The van der Waals surface area contributed by atoms with Gasteiger partial charge in [-0.15, -0.1) is 0 Å². The third-order valence-corrected chi connectivity index (χ3v) is 2.30. The summed E-state index contributed by atoms with van der Waals surface area (Å²) in [5.74, 6) is -1.56. The first-order valence-corrected chi connectivity index (χ1v) is 5.75. The zero-order valence-corrected chi connectivity index (χ0v) is 11.2. The maximum Gasteiger partial charge on any atom is 0.308 e. The second-order valence-corrected chi connectivity index (χ2v) is 4.02. The van der Waals surface area contributed by atoms with Crippen molar-refractivity contribution in [2.24, 2.45) is 5.92 Å². The van der Waals surface area contributed by atoms with E-state index in [1.165, 1.54) is 21.0 Å². The molecule has 104 valence electrons. The van der Waals surface area contributed by atoms with Crippen molar-refractivity contribution in [1.29, 1.82) is 0 Å². The summed E-state index contributed by atoms with van der Waals surface area (Å²) in [5, 5.41) is 0. The minimum atomic E-state index is -0.462. The summed E-state index contributed by atoms with van der Waals surface area (Å²) < 4.78 is 14.4. The molecule has 0 rings (SSSR count). The molecule has 0 aromatic carbocycles. The van der Waals surface area contributed by atoms with Crippen LogP contribution in [-0.4, -0.2) is 37.7 Å². The zero-order valence-electron chi connectivity index (χ0n) is 11.2. The highest BCUT2D eigenvalue weighted by molar-refractivity contribution is 5.72. The lowest BCUT2D eigenvalue weighted by Gasteiger charge is -2.19. The largest absolute Gasteiger partial charge is 0.469 e. The van der Waals surface area contributed by atoms with E-state index < -0.39 is 18.0 Å². The number of hydrogen-bond donors (Lipinski definition) is 0. The summed E-state index contributed by atoms with van der Waals surface area (Å²) in [4.78, 5) is 32.8. The molecule has 0 heterocycles. The third kappa shape index (κ3) is 7.65. The molecule has 0 N–H and O–H groups in total. The number of hydrogen-bond acceptors (Lipinski definition) is 6. The van der Waals surface area contributed by atoms with Crippen LogP contribution in [0.15, 0.2) is 0 Å². The van der Waals surface area contributed by atoms with Crippen LogP contribution in [0.25, 0.3) is 0 Å². The van der Waals surface area contributed by atoms with Crippen molar-refractivity contribution < 1.29 is 28.6 Å². The molecule has 0 fully saturated rings. The van der Waals surface area contributed by atoms with Gasteiger partial charge in [-0.2, -0.15) is 0 Å². The van der Waals surface area contributed by atoms with E-state index in [0.717, 1.165) is 0 Å². The standard InChI is InChI=1S/C12H20O6/c1-8(12(15)16-4)7-11(18-10(3)14)5-6-17-9(2)13/h8,11H,5-7H2,1-4H3. The minimum absolute atomic E-state index is 0.154. The number of carbonyl (C=O) groups excluding carboxylic acids is 3. The number of rotatable bonds is 7. The van der Waals surface area contributed by atoms with Crippen LogP contribution in [0.1, 0.15) is 33.6 Å². The smallest absolute Gasteiger partial charge is 0.308 e. The Hall–Kier alpha value is -1.59. The Labute approximate surface area is 107 Å². The van der Waals surface area contributed by atoms with Crippen LogP contribution in [-0.2, 0) is 28.6 Å². The van der Waals surface area contributed by atoms with E-state index in [0.29, 0.717) is 12.8 Å². The van der Waals surface area contributed by atoms with Crippen LogP contribution in [0.3, 0.4) is 0 Å². The second-order valence-electron chi connectivity index (χ2n) is 4.02. The molecular weight excluding hydrogens is 240 g/mol. The lowest BCUT2D eigenvalue weighted by molar-refractivity contribution is -0.154. The summed E-state index contributed by atoms with van der Waals surface area (Å²) in [6, 6.07) is 0. The summed E-state index contributed by atoms with van der Waals surface area (Å²) >= 11 is 0. The van der Waals surface area contributed by atoms with Gasteiger partial charge in [-0.25, -0.2) is 0 Å². The Bertz CT molecular complexity index is 299. The maximum atomic E-state index is 11.3. The van der Waals surface area contributed by atoms with Crippen molar-refractivity contribution in [1.82, 2.24) is 0 Å². The second kappa shape index (κ2) is 8.49. The van der Waals surface area contributed by atoms with Crippen molar-refractivity contribution >= 4 is 17.9 Å². The van der Waals surface area contributed by atoms with E-state index in [1.54, 1.807) is 6.92 Å². The van der Waals surface area contributed by atoms with Gasteiger partial charge in [0.25, 0.3) is 0 Å². The molecule has 0 aliphatic heterocycles. The predicted octanol–water partition coefficient (Wildman–Crippen LogP) is 1.07. The van der Waals surface area contributed by atoms with E-state index >= 15 is 0 Å². The molecule has 6 nitrogen and oxygen atoms in total. The molecule has 0 spiro atoms. The Morgan fingerprint density at radius 1 is 1.11 bits per heavy atom. The van der Waals surface area contributed by atoms with Gasteiger partial charge in [-0.3, -0.25) is 14.4 Å². The van der Waals surface area contributed by atoms with Gasteiger partial charge in [0.2, 0.25) is 0 Å². The number of ether oxygens (including phenoxy) is 3. The summed E-state index contributed by atoms with van der Waals surface area (Å²) in [6.45, 7) is 4.44. The summed E-state index contributed by atoms with van der Waals surface area (Å²) in [5.41, 5.74) is 0. The molecule has 18 heavy (non-hydrogen) atoms. The number of carbonyl (C=O) groups is 3. The molecular formula is C12H20O6. The van der Waals surface area contributed by atoms with Gasteiger partial charge in [0, 0.05) is 20.3 Å². The van der Waals surface area contributed by atoms with Crippen LogP contribution >= 0.6 is 0 Å². The molecule has 0 saturated heterocycles.